The van der Waals surface area contributed by atoms with Gasteiger partial charge in [-0.3, -0.25) is 10.1 Å². The molecule has 1 aromatic carbocycles. The molecule has 9 heteroatoms. The average molecular weight is 363 g/mol. The number of thioether (sulfide) groups is 1. The molecule has 1 aliphatic rings. The Morgan fingerprint density at radius 1 is 1.28 bits per heavy atom. The highest BCUT2D eigenvalue weighted by molar-refractivity contribution is 8.00. The highest BCUT2D eigenvalue weighted by atomic mass is 32.2. The number of benzene rings is 1. The zero-order chi connectivity index (χ0) is 18.0. The summed E-state index contributed by atoms with van der Waals surface area (Å²) in [7, 11) is 1.77. The van der Waals surface area contributed by atoms with Crippen molar-refractivity contribution in [3.63, 3.8) is 0 Å². The zero-order valence-corrected chi connectivity index (χ0v) is 14.6. The zero-order valence-electron chi connectivity index (χ0n) is 13.8. The van der Waals surface area contributed by atoms with Crippen molar-refractivity contribution in [2.45, 2.75) is 36.2 Å². The lowest BCUT2D eigenvalue weighted by molar-refractivity contribution is -0.119. The molecule has 132 valence electrons. The molecule has 1 heterocycles. The molecular formula is C16H18FN5O2S. The van der Waals surface area contributed by atoms with Crippen LogP contribution in [0.1, 0.15) is 19.8 Å². The van der Waals surface area contributed by atoms with Crippen LogP contribution in [0.3, 0.4) is 0 Å². The summed E-state index contributed by atoms with van der Waals surface area (Å²) >= 11 is 1.20. The highest BCUT2D eigenvalue weighted by Gasteiger charge is 2.26. The number of nitrogens with zero attached hydrogens (tertiary/aromatic N) is 3. The summed E-state index contributed by atoms with van der Waals surface area (Å²) in [6, 6.07) is 5.66. The van der Waals surface area contributed by atoms with Gasteiger partial charge in [-0.15, -0.1) is 10.2 Å². The van der Waals surface area contributed by atoms with Crippen molar-refractivity contribution >= 4 is 23.7 Å². The third kappa shape index (κ3) is 4.36. The Morgan fingerprint density at radius 3 is 2.60 bits per heavy atom. The number of halogens is 1. The summed E-state index contributed by atoms with van der Waals surface area (Å²) in [6.45, 7) is 1.69. The fraction of sp³-hybridized carbons (Fsp3) is 0.375. The Morgan fingerprint density at radius 2 is 1.96 bits per heavy atom. The van der Waals surface area contributed by atoms with E-state index in [2.05, 4.69) is 20.8 Å². The molecule has 1 unspecified atom stereocenters. The monoisotopic (exact) mass is 363 g/mol. The van der Waals surface area contributed by atoms with Crippen molar-refractivity contribution in [1.82, 2.24) is 25.4 Å². The standard InChI is InChI=1S/C16H18FN5O2S/c1-9(14(23)19-15(24)18-12-7-8-12)25-16-21-20-13(22(16)2)10-3-5-11(17)6-4-10/h3-6,9,12H,7-8H2,1-2H3,(H2,18,19,23,24). The summed E-state index contributed by atoms with van der Waals surface area (Å²) < 4.78 is 14.8. The third-order valence-electron chi connectivity index (χ3n) is 3.74. The number of hydrogen-bond donors (Lipinski definition) is 2. The van der Waals surface area contributed by atoms with E-state index >= 15 is 0 Å². The number of imide groups is 1. The van der Waals surface area contributed by atoms with E-state index in [9.17, 15) is 14.0 Å². The van der Waals surface area contributed by atoms with Gasteiger partial charge >= 0.3 is 6.03 Å². The van der Waals surface area contributed by atoms with Crippen LogP contribution in [-0.4, -0.2) is 38.0 Å². The molecular weight excluding hydrogens is 345 g/mol. The van der Waals surface area contributed by atoms with Crippen LogP contribution in [0.2, 0.25) is 0 Å². The smallest absolute Gasteiger partial charge is 0.321 e. The minimum absolute atomic E-state index is 0.188. The number of hydrogen-bond acceptors (Lipinski definition) is 5. The average Bonchev–Trinajstić information content (AvgIpc) is 3.31. The Bertz CT molecular complexity index is 788. The van der Waals surface area contributed by atoms with Crippen LogP contribution < -0.4 is 10.6 Å². The molecule has 0 radical (unpaired) electrons. The van der Waals surface area contributed by atoms with E-state index in [1.54, 1.807) is 30.7 Å². The van der Waals surface area contributed by atoms with Crippen LogP contribution in [-0.2, 0) is 11.8 Å². The van der Waals surface area contributed by atoms with E-state index in [4.69, 9.17) is 0 Å². The lowest BCUT2D eigenvalue weighted by Gasteiger charge is -2.11. The van der Waals surface area contributed by atoms with Gasteiger partial charge in [-0.2, -0.15) is 0 Å². The second-order valence-electron chi connectivity index (χ2n) is 5.87. The van der Waals surface area contributed by atoms with Crippen molar-refractivity contribution < 1.29 is 14.0 Å². The fourth-order valence-electron chi connectivity index (χ4n) is 2.14. The van der Waals surface area contributed by atoms with Crippen molar-refractivity contribution in [3.05, 3.63) is 30.1 Å². The van der Waals surface area contributed by atoms with E-state index in [-0.39, 0.29) is 11.9 Å². The molecule has 1 aliphatic carbocycles. The van der Waals surface area contributed by atoms with Crippen LogP contribution in [0.15, 0.2) is 29.4 Å². The number of carbonyl (C=O) groups is 2. The molecule has 0 spiro atoms. The van der Waals surface area contributed by atoms with Gasteiger partial charge in [-0.1, -0.05) is 11.8 Å². The van der Waals surface area contributed by atoms with Gasteiger partial charge in [0, 0.05) is 18.7 Å². The normalized spacial score (nSPS) is 14.8. The number of nitrogens with one attached hydrogen (secondary N) is 2. The Labute approximate surface area is 148 Å². The minimum Gasteiger partial charge on any atom is -0.335 e. The first kappa shape index (κ1) is 17.4. The van der Waals surface area contributed by atoms with Gasteiger partial charge in [0.05, 0.1) is 5.25 Å². The molecule has 1 atom stereocenters. The van der Waals surface area contributed by atoms with Gasteiger partial charge in [0.25, 0.3) is 0 Å². The molecule has 7 nitrogen and oxygen atoms in total. The number of amides is 3. The maximum atomic E-state index is 13.0. The summed E-state index contributed by atoms with van der Waals surface area (Å²) in [6.07, 6.45) is 1.91. The molecule has 1 aromatic heterocycles. The lowest BCUT2D eigenvalue weighted by atomic mass is 10.2. The van der Waals surface area contributed by atoms with Crippen LogP contribution in [0.25, 0.3) is 11.4 Å². The quantitative estimate of drug-likeness (QED) is 0.794. The van der Waals surface area contributed by atoms with Crippen molar-refractivity contribution in [2.75, 3.05) is 0 Å². The fourth-order valence-corrected chi connectivity index (χ4v) is 2.96. The van der Waals surface area contributed by atoms with E-state index in [1.807, 2.05) is 0 Å². The van der Waals surface area contributed by atoms with Gasteiger partial charge in [0.1, 0.15) is 5.82 Å². The van der Waals surface area contributed by atoms with Gasteiger partial charge in [0.2, 0.25) is 5.91 Å². The van der Waals surface area contributed by atoms with Crippen LogP contribution in [0.5, 0.6) is 0 Å². The summed E-state index contributed by atoms with van der Waals surface area (Å²) in [5.41, 5.74) is 0.726. The van der Waals surface area contributed by atoms with Crippen molar-refractivity contribution in [3.8, 4) is 11.4 Å². The Hall–Kier alpha value is -2.42. The van der Waals surface area contributed by atoms with Gasteiger partial charge in [0.15, 0.2) is 11.0 Å². The summed E-state index contributed by atoms with van der Waals surface area (Å²) in [5, 5.41) is 13.2. The molecule has 3 amide bonds. The maximum absolute atomic E-state index is 13.0. The minimum atomic E-state index is -0.520. The van der Waals surface area contributed by atoms with E-state index in [1.165, 1.54) is 23.9 Å². The number of urea groups is 1. The first-order valence-corrected chi connectivity index (χ1v) is 8.75. The second-order valence-corrected chi connectivity index (χ2v) is 7.18. The van der Waals surface area contributed by atoms with Gasteiger partial charge in [-0.25, -0.2) is 9.18 Å². The van der Waals surface area contributed by atoms with E-state index in [0.29, 0.717) is 11.0 Å². The Kier molecular flexibility index (Phi) is 5.03. The molecule has 0 bridgehead atoms. The lowest BCUT2D eigenvalue weighted by Crippen LogP contribution is -2.43. The Balaban J connectivity index is 1.63. The van der Waals surface area contributed by atoms with Gasteiger partial charge < -0.3 is 9.88 Å². The van der Waals surface area contributed by atoms with Crippen LogP contribution in [0.4, 0.5) is 9.18 Å². The molecule has 1 fully saturated rings. The maximum Gasteiger partial charge on any atom is 0.321 e. The first-order valence-electron chi connectivity index (χ1n) is 7.87. The molecule has 0 aliphatic heterocycles. The molecule has 2 aromatic rings. The van der Waals surface area contributed by atoms with Crippen molar-refractivity contribution in [2.24, 2.45) is 7.05 Å². The summed E-state index contributed by atoms with van der Waals surface area (Å²) in [5.74, 6) is -0.147. The SMILES string of the molecule is CC(Sc1nnc(-c2ccc(F)cc2)n1C)C(=O)NC(=O)NC1CC1. The molecule has 0 saturated heterocycles. The number of aromatic nitrogens is 3. The number of carbonyl (C=O) groups excluding carboxylic acids is 2. The summed E-state index contributed by atoms with van der Waals surface area (Å²) in [4.78, 5) is 23.7. The molecule has 3 rings (SSSR count). The van der Waals surface area contributed by atoms with Crippen LogP contribution in [0, 0.1) is 5.82 Å². The largest absolute Gasteiger partial charge is 0.335 e. The van der Waals surface area contributed by atoms with Crippen molar-refractivity contribution in [1.29, 1.82) is 0 Å². The van der Waals surface area contributed by atoms with Crippen LogP contribution >= 0.6 is 11.8 Å². The van der Waals surface area contributed by atoms with E-state index < -0.39 is 17.2 Å². The second kappa shape index (κ2) is 7.22. The molecule has 2 N–H and O–H groups in total. The highest BCUT2D eigenvalue weighted by Crippen LogP contribution is 2.26. The molecule has 25 heavy (non-hydrogen) atoms. The predicted molar refractivity (Wildman–Crippen MR) is 91.4 cm³/mol. The third-order valence-corrected chi connectivity index (χ3v) is 4.87. The van der Waals surface area contributed by atoms with E-state index in [0.717, 1.165) is 18.4 Å². The predicted octanol–water partition coefficient (Wildman–Crippen LogP) is 2.09. The molecule has 1 saturated carbocycles. The number of rotatable bonds is 5. The van der Waals surface area contributed by atoms with Gasteiger partial charge in [-0.05, 0) is 44.0 Å². The first-order chi connectivity index (χ1) is 11.9. The topological polar surface area (TPSA) is 88.9 Å².